The molecule has 34 heavy (non-hydrogen) atoms. The lowest BCUT2D eigenvalue weighted by molar-refractivity contribution is 0.0842. The number of aromatic amines is 1. The number of imidazole rings is 1. The van der Waals surface area contributed by atoms with Gasteiger partial charge in [-0.15, -0.1) is 11.3 Å². The number of halogens is 1. The molecule has 0 aliphatic rings. The maximum absolute atomic E-state index is 12.7. The fraction of sp³-hybridized carbons (Fsp3) is 0.440. The Kier molecular flexibility index (Phi) is 8.62. The molecule has 6 nitrogen and oxygen atoms in total. The summed E-state index contributed by atoms with van der Waals surface area (Å²) >= 11 is 7.62. The highest BCUT2D eigenvalue weighted by atomic mass is 35.5. The molecular formula is C25H34ClN3O3SSi. The highest BCUT2D eigenvalue weighted by molar-refractivity contribution is 7.19. The van der Waals surface area contributed by atoms with Crippen LogP contribution in [0.15, 0.2) is 48.9 Å². The zero-order valence-electron chi connectivity index (χ0n) is 20.6. The highest BCUT2D eigenvalue weighted by Crippen LogP contribution is 2.38. The molecule has 0 aliphatic heterocycles. The average Bonchev–Trinajstić information content (AvgIpc) is 3.44. The molecule has 2 heterocycles. The van der Waals surface area contributed by atoms with E-state index >= 15 is 0 Å². The van der Waals surface area contributed by atoms with E-state index in [0.717, 1.165) is 20.5 Å². The van der Waals surface area contributed by atoms with Gasteiger partial charge in [-0.2, -0.15) is 0 Å². The lowest BCUT2D eigenvalue weighted by atomic mass is 10.1. The molecule has 0 fully saturated rings. The van der Waals surface area contributed by atoms with Crippen molar-refractivity contribution < 1.29 is 14.0 Å². The van der Waals surface area contributed by atoms with Crippen LogP contribution in [0.4, 0.5) is 0 Å². The SMILES string of the molecule is C[C@H](O[Si](C)(C)C(C)(C)C)[C@@H](CCOc1cccc(-c2ccc(Cl)s2)c1)NC(=O)c1cnc[nH]1. The van der Waals surface area contributed by atoms with Crippen LogP contribution in [0.25, 0.3) is 10.4 Å². The van der Waals surface area contributed by atoms with Gasteiger partial charge in [0.25, 0.3) is 5.91 Å². The summed E-state index contributed by atoms with van der Waals surface area (Å²) in [7, 11) is -2.02. The minimum Gasteiger partial charge on any atom is -0.493 e. The molecule has 3 rings (SSSR count). The monoisotopic (exact) mass is 519 g/mol. The normalized spacial score (nSPS) is 14.0. The average molecular weight is 520 g/mol. The minimum atomic E-state index is -2.02. The van der Waals surface area contributed by atoms with Crippen molar-refractivity contribution in [2.45, 2.75) is 64.4 Å². The second-order valence-electron chi connectivity index (χ2n) is 9.90. The van der Waals surface area contributed by atoms with Gasteiger partial charge >= 0.3 is 0 Å². The zero-order chi connectivity index (χ0) is 24.9. The Morgan fingerprint density at radius 3 is 2.65 bits per heavy atom. The number of amides is 1. The van der Waals surface area contributed by atoms with Crippen molar-refractivity contribution in [1.82, 2.24) is 15.3 Å². The Bertz CT molecular complexity index is 1080. The van der Waals surface area contributed by atoms with Crippen LogP contribution < -0.4 is 10.1 Å². The number of nitrogens with zero attached hydrogens (tertiary/aromatic N) is 1. The third-order valence-corrected chi connectivity index (χ3v) is 12.2. The number of thiophene rings is 1. The topological polar surface area (TPSA) is 76.2 Å². The quantitative estimate of drug-likeness (QED) is 0.290. The predicted molar refractivity (Wildman–Crippen MR) is 142 cm³/mol. The first-order valence-electron chi connectivity index (χ1n) is 11.4. The number of rotatable bonds is 10. The van der Waals surface area contributed by atoms with Gasteiger partial charge in [0.05, 0.1) is 35.6 Å². The second-order valence-corrected chi connectivity index (χ2v) is 16.4. The molecule has 9 heteroatoms. The van der Waals surface area contributed by atoms with E-state index in [1.165, 1.54) is 23.9 Å². The molecule has 184 valence electrons. The van der Waals surface area contributed by atoms with Crippen LogP contribution in [-0.4, -0.2) is 42.9 Å². The lowest BCUT2D eigenvalue weighted by Crippen LogP contribution is -2.51. The zero-order valence-corrected chi connectivity index (χ0v) is 23.2. The van der Waals surface area contributed by atoms with Crippen LogP contribution in [0, 0.1) is 0 Å². The van der Waals surface area contributed by atoms with Crippen molar-refractivity contribution in [1.29, 1.82) is 0 Å². The Morgan fingerprint density at radius 1 is 1.26 bits per heavy atom. The molecule has 2 N–H and O–H groups in total. The summed E-state index contributed by atoms with van der Waals surface area (Å²) in [6, 6.07) is 11.6. The van der Waals surface area contributed by atoms with E-state index in [4.69, 9.17) is 20.8 Å². The predicted octanol–water partition coefficient (Wildman–Crippen LogP) is 6.77. The van der Waals surface area contributed by atoms with Crippen molar-refractivity contribution in [2.24, 2.45) is 0 Å². The number of carbonyl (C=O) groups excluding carboxylic acids is 1. The van der Waals surface area contributed by atoms with Gasteiger partial charge in [0.2, 0.25) is 0 Å². The van der Waals surface area contributed by atoms with Crippen molar-refractivity contribution in [3.63, 3.8) is 0 Å². The van der Waals surface area contributed by atoms with E-state index in [-0.39, 0.29) is 23.1 Å². The molecule has 0 unspecified atom stereocenters. The first-order chi connectivity index (χ1) is 16.0. The molecule has 0 aliphatic carbocycles. The number of aromatic nitrogens is 2. The van der Waals surface area contributed by atoms with Crippen molar-refractivity contribution in [3.8, 4) is 16.2 Å². The smallest absolute Gasteiger partial charge is 0.269 e. The van der Waals surface area contributed by atoms with Crippen LogP contribution in [0.1, 0.15) is 44.6 Å². The number of hydrogen-bond donors (Lipinski definition) is 2. The summed E-state index contributed by atoms with van der Waals surface area (Å²) in [5.41, 5.74) is 1.49. The van der Waals surface area contributed by atoms with Gasteiger partial charge in [0, 0.05) is 11.3 Å². The first-order valence-corrected chi connectivity index (χ1v) is 15.5. The summed E-state index contributed by atoms with van der Waals surface area (Å²) < 4.78 is 13.4. The van der Waals surface area contributed by atoms with Gasteiger partial charge in [0.15, 0.2) is 8.32 Å². The van der Waals surface area contributed by atoms with Gasteiger partial charge < -0.3 is 19.5 Å². The molecule has 3 aromatic rings. The Hall–Kier alpha value is -2.13. The summed E-state index contributed by atoms with van der Waals surface area (Å²) in [6.45, 7) is 13.5. The molecule has 0 radical (unpaired) electrons. The van der Waals surface area contributed by atoms with Crippen LogP contribution in [0.5, 0.6) is 5.75 Å². The van der Waals surface area contributed by atoms with Crippen LogP contribution in [0.3, 0.4) is 0 Å². The second kappa shape index (κ2) is 11.1. The van der Waals surface area contributed by atoms with Crippen LogP contribution >= 0.6 is 22.9 Å². The molecule has 0 spiro atoms. The summed E-state index contributed by atoms with van der Waals surface area (Å²) in [5, 5.41) is 3.18. The maximum Gasteiger partial charge on any atom is 0.269 e. The van der Waals surface area contributed by atoms with Crippen molar-refractivity contribution in [3.05, 3.63) is 59.0 Å². The van der Waals surface area contributed by atoms with Crippen LogP contribution in [0.2, 0.25) is 22.5 Å². The van der Waals surface area contributed by atoms with Crippen molar-refractivity contribution >= 4 is 37.2 Å². The van der Waals surface area contributed by atoms with Crippen molar-refractivity contribution in [2.75, 3.05) is 6.61 Å². The molecule has 2 atom stereocenters. The molecule has 1 amide bonds. The van der Waals surface area contributed by atoms with Gasteiger partial charge in [-0.1, -0.05) is 44.5 Å². The van der Waals surface area contributed by atoms with Gasteiger partial charge in [-0.25, -0.2) is 4.98 Å². The fourth-order valence-corrected chi connectivity index (χ4v) is 5.77. The molecule has 1 aromatic carbocycles. The third-order valence-electron chi connectivity index (χ3n) is 6.30. The van der Waals surface area contributed by atoms with Gasteiger partial charge in [-0.3, -0.25) is 4.79 Å². The Morgan fingerprint density at radius 2 is 2.03 bits per heavy atom. The molecule has 0 saturated heterocycles. The van der Waals surface area contributed by atoms with E-state index in [9.17, 15) is 4.79 Å². The highest BCUT2D eigenvalue weighted by Gasteiger charge is 2.40. The molecule has 2 aromatic heterocycles. The first kappa shape index (κ1) is 26.5. The summed E-state index contributed by atoms with van der Waals surface area (Å²) in [4.78, 5) is 20.7. The van der Waals surface area contributed by atoms with E-state index in [2.05, 4.69) is 49.1 Å². The third kappa shape index (κ3) is 6.94. The fourth-order valence-electron chi connectivity index (χ4n) is 3.29. The molecule has 0 bridgehead atoms. The summed E-state index contributed by atoms with van der Waals surface area (Å²) in [6.07, 6.45) is 3.45. The van der Waals surface area contributed by atoms with Gasteiger partial charge in [0.1, 0.15) is 11.4 Å². The number of nitrogens with one attached hydrogen (secondary N) is 2. The van der Waals surface area contributed by atoms with E-state index in [1.807, 2.05) is 43.3 Å². The Labute approximate surface area is 212 Å². The standard InChI is InChI=1S/C25H34ClN3O3SSi/c1-17(32-34(5,6)25(2,3)4)20(29-24(30)21-15-27-16-28-21)12-13-31-19-9-7-8-18(14-19)22-10-11-23(26)33-22/h7-11,14-17,20H,12-13H2,1-6H3,(H,27,28)(H,29,30)/t17-,20+/m0/s1. The number of carbonyl (C=O) groups is 1. The number of benzene rings is 1. The number of H-pyrrole nitrogens is 1. The number of ether oxygens (including phenoxy) is 1. The van der Waals surface area contributed by atoms with E-state index in [1.54, 1.807) is 0 Å². The lowest BCUT2D eigenvalue weighted by Gasteiger charge is -2.40. The maximum atomic E-state index is 12.7. The molecular weight excluding hydrogens is 486 g/mol. The van der Waals surface area contributed by atoms with E-state index < -0.39 is 8.32 Å². The van der Waals surface area contributed by atoms with Crippen LogP contribution in [-0.2, 0) is 4.43 Å². The summed E-state index contributed by atoms with van der Waals surface area (Å²) in [5.74, 6) is 0.573. The number of hydrogen-bond acceptors (Lipinski definition) is 5. The largest absolute Gasteiger partial charge is 0.493 e. The van der Waals surface area contributed by atoms with Gasteiger partial charge in [-0.05, 0) is 54.9 Å². The van der Waals surface area contributed by atoms with E-state index in [0.29, 0.717) is 18.7 Å². The Balaban J connectivity index is 1.68. The molecule has 0 saturated carbocycles. The minimum absolute atomic E-state index is 0.0703.